The highest BCUT2D eigenvalue weighted by Crippen LogP contribution is 2.23. The molecule has 0 spiro atoms. The van der Waals surface area contributed by atoms with Gasteiger partial charge in [-0.15, -0.1) is 0 Å². The molecule has 0 aromatic heterocycles. The SMILES string of the molecule is Cc1ccccc1OCC(=O)N(Cc1ccccc1Cl)[C@H](Cc1ccccc1)C(=O)NC1CCCCC1. The van der Waals surface area contributed by atoms with Crippen molar-refractivity contribution in [3.63, 3.8) is 0 Å². The Hall–Kier alpha value is -3.31. The number of amides is 2. The van der Waals surface area contributed by atoms with Gasteiger partial charge in [-0.2, -0.15) is 0 Å². The molecule has 1 aliphatic carbocycles. The Labute approximate surface area is 224 Å². The average molecular weight is 519 g/mol. The van der Waals surface area contributed by atoms with E-state index in [4.69, 9.17) is 16.3 Å². The number of carbonyl (C=O) groups is 2. The quantitative estimate of drug-likeness (QED) is 0.352. The smallest absolute Gasteiger partial charge is 0.261 e. The molecule has 6 heteroatoms. The van der Waals surface area contributed by atoms with E-state index in [9.17, 15) is 9.59 Å². The minimum absolute atomic E-state index is 0.132. The van der Waals surface area contributed by atoms with Gasteiger partial charge in [-0.1, -0.05) is 97.6 Å². The average Bonchev–Trinajstić information content (AvgIpc) is 2.92. The van der Waals surface area contributed by atoms with E-state index in [0.717, 1.165) is 42.4 Å². The van der Waals surface area contributed by atoms with Crippen LogP contribution in [0.4, 0.5) is 0 Å². The molecule has 3 aromatic carbocycles. The van der Waals surface area contributed by atoms with Crippen LogP contribution in [0.15, 0.2) is 78.9 Å². The molecule has 5 nitrogen and oxygen atoms in total. The van der Waals surface area contributed by atoms with Crippen molar-refractivity contribution in [2.75, 3.05) is 6.61 Å². The van der Waals surface area contributed by atoms with E-state index in [1.807, 2.05) is 79.7 Å². The van der Waals surface area contributed by atoms with Gasteiger partial charge >= 0.3 is 0 Å². The first-order valence-corrected chi connectivity index (χ1v) is 13.4. The summed E-state index contributed by atoms with van der Waals surface area (Å²) in [6, 6.07) is 24.3. The Morgan fingerprint density at radius 3 is 2.35 bits per heavy atom. The number of nitrogens with one attached hydrogen (secondary N) is 1. The molecule has 1 atom stereocenters. The van der Waals surface area contributed by atoms with Crippen LogP contribution in [0.3, 0.4) is 0 Å². The van der Waals surface area contributed by atoms with Crippen molar-refractivity contribution in [2.45, 2.75) is 64.1 Å². The minimum atomic E-state index is -0.700. The van der Waals surface area contributed by atoms with Gasteiger partial charge in [-0.25, -0.2) is 0 Å². The molecule has 0 saturated heterocycles. The van der Waals surface area contributed by atoms with Crippen molar-refractivity contribution in [1.29, 1.82) is 0 Å². The van der Waals surface area contributed by atoms with E-state index in [-0.39, 0.29) is 31.0 Å². The van der Waals surface area contributed by atoms with Crippen molar-refractivity contribution in [2.24, 2.45) is 0 Å². The molecular formula is C31H35ClN2O3. The van der Waals surface area contributed by atoms with Gasteiger partial charge in [-0.05, 0) is 48.6 Å². The van der Waals surface area contributed by atoms with Gasteiger partial charge in [0.25, 0.3) is 5.91 Å². The second-order valence-electron chi connectivity index (χ2n) is 9.72. The molecule has 1 N–H and O–H groups in total. The van der Waals surface area contributed by atoms with E-state index >= 15 is 0 Å². The third kappa shape index (κ3) is 7.59. The van der Waals surface area contributed by atoms with Crippen LogP contribution in [0.1, 0.15) is 48.8 Å². The first kappa shape index (κ1) is 26.7. The van der Waals surface area contributed by atoms with Crippen LogP contribution >= 0.6 is 11.6 Å². The van der Waals surface area contributed by atoms with Crippen molar-refractivity contribution < 1.29 is 14.3 Å². The highest BCUT2D eigenvalue weighted by Gasteiger charge is 2.32. The lowest BCUT2D eigenvalue weighted by Crippen LogP contribution is -2.53. The Bertz CT molecular complexity index is 1180. The van der Waals surface area contributed by atoms with Crippen molar-refractivity contribution in [1.82, 2.24) is 10.2 Å². The Morgan fingerprint density at radius 1 is 0.946 bits per heavy atom. The molecule has 1 aliphatic rings. The molecule has 4 rings (SSSR count). The maximum absolute atomic E-state index is 13.8. The first-order chi connectivity index (χ1) is 18.0. The molecule has 0 unspecified atom stereocenters. The lowest BCUT2D eigenvalue weighted by Gasteiger charge is -2.33. The van der Waals surface area contributed by atoms with Gasteiger partial charge in [0, 0.05) is 24.0 Å². The molecule has 1 fully saturated rings. The fourth-order valence-corrected chi connectivity index (χ4v) is 5.04. The highest BCUT2D eigenvalue weighted by atomic mass is 35.5. The predicted octanol–water partition coefficient (Wildman–Crippen LogP) is 6.12. The summed E-state index contributed by atoms with van der Waals surface area (Å²) < 4.78 is 5.92. The molecule has 0 aliphatic heterocycles. The van der Waals surface area contributed by atoms with Crippen LogP contribution < -0.4 is 10.1 Å². The number of halogens is 1. The maximum atomic E-state index is 13.8. The van der Waals surface area contributed by atoms with Gasteiger partial charge in [0.15, 0.2) is 6.61 Å². The number of hydrogen-bond donors (Lipinski definition) is 1. The number of carbonyl (C=O) groups excluding carboxylic acids is 2. The number of rotatable bonds is 10. The molecular weight excluding hydrogens is 484 g/mol. The molecule has 0 radical (unpaired) electrons. The van der Waals surface area contributed by atoms with Gasteiger partial charge in [0.1, 0.15) is 11.8 Å². The van der Waals surface area contributed by atoms with E-state index in [1.165, 1.54) is 6.42 Å². The fourth-order valence-electron chi connectivity index (χ4n) is 4.85. The number of benzene rings is 3. The van der Waals surface area contributed by atoms with Crippen LogP contribution in [-0.2, 0) is 22.6 Å². The van der Waals surface area contributed by atoms with Crippen LogP contribution in [0, 0.1) is 6.92 Å². The second kappa shape index (κ2) is 13.3. The Kier molecular flexibility index (Phi) is 9.61. The first-order valence-electron chi connectivity index (χ1n) is 13.1. The highest BCUT2D eigenvalue weighted by molar-refractivity contribution is 6.31. The zero-order chi connectivity index (χ0) is 26.0. The number of nitrogens with zero attached hydrogens (tertiary/aromatic N) is 1. The van der Waals surface area contributed by atoms with Crippen LogP contribution in [0.2, 0.25) is 5.02 Å². The summed E-state index contributed by atoms with van der Waals surface area (Å²) in [6.45, 7) is 1.99. The van der Waals surface area contributed by atoms with Gasteiger partial charge in [0.2, 0.25) is 5.91 Å². The summed E-state index contributed by atoms with van der Waals surface area (Å²) >= 11 is 6.50. The second-order valence-corrected chi connectivity index (χ2v) is 10.1. The van der Waals surface area contributed by atoms with Gasteiger partial charge in [0.05, 0.1) is 0 Å². The Morgan fingerprint density at radius 2 is 1.62 bits per heavy atom. The lowest BCUT2D eigenvalue weighted by molar-refractivity contribution is -0.143. The number of para-hydroxylation sites is 1. The van der Waals surface area contributed by atoms with Crippen LogP contribution in [0.25, 0.3) is 0 Å². The Balaban J connectivity index is 1.62. The zero-order valence-corrected chi connectivity index (χ0v) is 22.1. The number of hydrogen-bond acceptors (Lipinski definition) is 3. The summed E-state index contributed by atoms with van der Waals surface area (Å²) in [6.07, 6.45) is 5.77. The number of aryl methyl sites for hydroxylation is 1. The predicted molar refractivity (Wildman–Crippen MR) is 148 cm³/mol. The van der Waals surface area contributed by atoms with E-state index in [2.05, 4.69) is 5.32 Å². The third-order valence-corrected chi connectivity index (χ3v) is 7.33. The summed E-state index contributed by atoms with van der Waals surface area (Å²) in [7, 11) is 0. The largest absolute Gasteiger partial charge is 0.484 e. The van der Waals surface area contributed by atoms with Gasteiger partial charge in [-0.3, -0.25) is 9.59 Å². The van der Waals surface area contributed by atoms with Crippen molar-refractivity contribution in [3.05, 3.63) is 101 Å². The van der Waals surface area contributed by atoms with Crippen molar-refractivity contribution >= 4 is 23.4 Å². The molecule has 2 amide bonds. The summed E-state index contributed by atoms with van der Waals surface area (Å²) in [5.74, 6) is 0.259. The molecule has 1 saturated carbocycles. The van der Waals surface area contributed by atoms with Crippen molar-refractivity contribution in [3.8, 4) is 5.75 Å². The third-order valence-electron chi connectivity index (χ3n) is 6.97. The fraction of sp³-hybridized carbons (Fsp3) is 0.355. The molecule has 194 valence electrons. The standard InChI is InChI=1S/C31H35ClN2O3/c1-23-12-8-11-19-29(23)37-22-30(35)34(21-25-15-9-10-18-27(25)32)28(20-24-13-4-2-5-14-24)31(36)33-26-16-6-3-7-17-26/h2,4-5,8-15,18-19,26,28H,3,6-7,16-17,20-22H2,1H3,(H,33,36)/t28-/m1/s1. The molecule has 0 bridgehead atoms. The van der Waals surface area contributed by atoms with Gasteiger partial charge < -0.3 is 15.0 Å². The van der Waals surface area contributed by atoms with E-state index in [1.54, 1.807) is 11.0 Å². The summed E-state index contributed by atoms with van der Waals surface area (Å²) in [4.78, 5) is 29.2. The lowest BCUT2D eigenvalue weighted by atomic mass is 9.94. The molecule has 0 heterocycles. The molecule has 37 heavy (non-hydrogen) atoms. The minimum Gasteiger partial charge on any atom is -0.484 e. The number of ether oxygens (including phenoxy) is 1. The van der Waals surface area contributed by atoms with Crippen LogP contribution in [0.5, 0.6) is 5.75 Å². The molecule has 3 aromatic rings. The van der Waals surface area contributed by atoms with E-state index in [0.29, 0.717) is 17.2 Å². The normalized spacial score (nSPS) is 14.5. The van der Waals surface area contributed by atoms with Crippen LogP contribution in [-0.4, -0.2) is 35.4 Å². The zero-order valence-electron chi connectivity index (χ0n) is 21.4. The monoisotopic (exact) mass is 518 g/mol. The summed E-state index contributed by atoms with van der Waals surface area (Å²) in [5, 5.41) is 3.81. The maximum Gasteiger partial charge on any atom is 0.261 e. The topological polar surface area (TPSA) is 58.6 Å². The van der Waals surface area contributed by atoms with E-state index < -0.39 is 6.04 Å². The summed E-state index contributed by atoms with van der Waals surface area (Å²) in [5.41, 5.74) is 2.73.